The number of aryl methyl sites for hydroxylation is 1. The van der Waals surface area contributed by atoms with Crippen LogP contribution in [-0.4, -0.2) is 16.9 Å². The summed E-state index contributed by atoms with van der Waals surface area (Å²) in [6, 6.07) is 11.3. The number of phenols is 1. The van der Waals surface area contributed by atoms with Gasteiger partial charge >= 0.3 is 0 Å². The molecule has 0 saturated carbocycles. The average molecular weight is 363 g/mol. The lowest BCUT2D eigenvalue weighted by atomic mass is 10.2. The SMILES string of the molecule is Cc1ccc(O)c(NC2=C(Cl)C(=O)N(c3ccccc3Cl)C2=O)c1. The van der Waals surface area contributed by atoms with Crippen molar-refractivity contribution in [3.63, 3.8) is 0 Å². The van der Waals surface area contributed by atoms with Gasteiger partial charge in [0, 0.05) is 0 Å². The molecule has 2 N–H and O–H groups in total. The third kappa shape index (κ3) is 2.72. The zero-order valence-electron chi connectivity index (χ0n) is 12.5. The standard InChI is InChI=1S/C17H12Cl2N2O3/c1-9-6-7-13(22)11(8-9)20-15-14(19)16(23)21(17(15)24)12-5-3-2-4-10(12)18/h2-8,20,22H,1H3. The molecule has 2 amide bonds. The molecule has 2 aromatic carbocycles. The van der Waals surface area contributed by atoms with Gasteiger partial charge in [-0.05, 0) is 36.8 Å². The maximum absolute atomic E-state index is 12.6. The lowest BCUT2D eigenvalue weighted by molar-refractivity contribution is -0.120. The fourth-order valence-electron chi connectivity index (χ4n) is 2.35. The minimum absolute atomic E-state index is 0.0611. The number of nitrogens with zero attached hydrogens (tertiary/aromatic N) is 1. The Balaban J connectivity index is 1.98. The minimum Gasteiger partial charge on any atom is -0.506 e. The highest BCUT2D eigenvalue weighted by atomic mass is 35.5. The molecule has 24 heavy (non-hydrogen) atoms. The van der Waals surface area contributed by atoms with E-state index in [1.54, 1.807) is 36.4 Å². The van der Waals surface area contributed by atoms with Gasteiger partial charge in [-0.3, -0.25) is 9.59 Å². The van der Waals surface area contributed by atoms with Crippen molar-refractivity contribution in [2.75, 3.05) is 10.2 Å². The Bertz CT molecular complexity index is 893. The first-order valence-corrected chi connectivity index (χ1v) is 7.75. The van der Waals surface area contributed by atoms with Crippen molar-refractivity contribution in [2.45, 2.75) is 6.92 Å². The number of imide groups is 1. The number of carbonyl (C=O) groups excluding carboxylic acids is 2. The number of hydrogen-bond donors (Lipinski definition) is 2. The fraction of sp³-hybridized carbons (Fsp3) is 0.0588. The zero-order chi connectivity index (χ0) is 17.4. The molecule has 7 heteroatoms. The van der Waals surface area contributed by atoms with Crippen LogP contribution in [0.4, 0.5) is 11.4 Å². The quantitative estimate of drug-likeness (QED) is 0.643. The Hall–Kier alpha value is -2.50. The van der Waals surface area contributed by atoms with Crippen LogP contribution >= 0.6 is 23.2 Å². The number of carbonyl (C=O) groups is 2. The fourth-order valence-corrected chi connectivity index (χ4v) is 2.78. The molecule has 2 aromatic rings. The van der Waals surface area contributed by atoms with E-state index in [-0.39, 0.29) is 32.9 Å². The largest absolute Gasteiger partial charge is 0.506 e. The van der Waals surface area contributed by atoms with Crippen molar-refractivity contribution in [3.05, 3.63) is 63.8 Å². The Labute approximate surface area is 148 Å². The average Bonchev–Trinajstić information content (AvgIpc) is 2.75. The minimum atomic E-state index is -0.676. The number of nitrogens with one attached hydrogen (secondary N) is 1. The molecule has 122 valence electrons. The number of anilines is 2. The Morgan fingerprint density at radius 3 is 2.46 bits per heavy atom. The van der Waals surface area contributed by atoms with Crippen molar-refractivity contribution < 1.29 is 14.7 Å². The maximum atomic E-state index is 12.6. The van der Waals surface area contributed by atoms with E-state index in [2.05, 4.69) is 5.32 Å². The predicted molar refractivity (Wildman–Crippen MR) is 93.3 cm³/mol. The monoisotopic (exact) mass is 362 g/mol. The number of halogens is 2. The van der Waals surface area contributed by atoms with Crippen LogP contribution in [0, 0.1) is 6.92 Å². The van der Waals surface area contributed by atoms with Gasteiger partial charge in [-0.25, -0.2) is 4.90 Å². The molecule has 0 radical (unpaired) electrons. The number of amides is 2. The van der Waals surface area contributed by atoms with Gasteiger partial charge < -0.3 is 10.4 Å². The third-order valence-corrected chi connectivity index (χ3v) is 4.20. The second-order valence-corrected chi connectivity index (χ2v) is 6.02. The lowest BCUT2D eigenvalue weighted by Crippen LogP contribution is -2.32. The summed E-state index contributed by atoms with van der Waals surface area (Å²) in [5.41, 5.74) is 1.29. The number of aromatic hydroxyl groups is 1. The Morgan fingerprint density at radius 1 is 1.04 bits per heavy atom. The van der Waals surface area contributed by atoms with Gasteiger partial charge in [-0.2, -0.15) is 0 Å². The van der Waals surface area contributed by atoms with Gasteiger partial charge in [0.05, 0.1) is 16.4 Å². The van der Waals surface area contributed by atoms with E-state index in [1.807, 2.05) is 6.92 Å². The van der Waals surface area contributed by atoms with Crippen LogP contribution < -0.4 is 10.2 Å². The number of benzene rings is 2. The predicted octanol–water partition coefficient (Wildman–Crippen LogP) is 3.79. The summed E-state index contributed by atoms with van der Waals surface area (Å²) in [5.74, 6) is -1.38. The first-order valence-electron chi connectivity index (χ1n) is 7.00. The second-order valence-electron chi connectivity index (χ2n) is 5.23. The molecule has 0 spiro atoms. The molecule has 1 aliphatic rings. The van der Waals surface area contributed by atoms with Crippen LogP contribution in [0.25, 0.3) is 0 Å². The highest BCUT2D eigenvalue weighted by molar-refractivity contribution is 6.53. The topological polar surface area (TPSA) is 69.6 Å². The highest BCUT2D eigenvalue weighted by Gasteiger charge is 2.39. The number of hydrogen-bond acceptors (Lipinski definition) is 4. The summed E-state index contributed by atoms with van der Waals surface area (Å²) in [6.07, 6.45) is 0. The first-order chi connectivity index (χ1) is 11.4. The van der Waals surface area contributed by atoms with E-state index in [4.69, 9.17) is 23.2 Å². The van der Waals surface area contributed by atoms with E-state index >= 15 is 0 Å². The van der Waals surface area contributed by atoms with Crippen LogP contribution in [0.5, 0.6) is 5.75 Å². The highest BCUT2D eigenvalue weighted by Crippen LogP contribution is 2.35. The summed E-state index contributed by atoms with van der Waals surface area (Å²) in [7, 11) is 0. The number of rotatable bonds is 3. The van der Waals surface area contributed by atoms with Crippen LogP contribution in [0.15, 0.2) is 53.2 Å². The van der Waals surface area contributed by atoms with Crippen LogP contribution in [0.2, 0.25) is 5.02 Å². The summed E-state index contributed by atoms with van der Waals surface area (Å²) in [6.45, 7) is 1.83. The van der Waals surface area contributed by atoms with Crippen molar-refractivity contribution in [1.29, 1.82) is 0 Å². The molecule has 0 unspecified atom stereocenters. The molecule has 1 heterocycles. The third-order valence-electron chi connectivity index (χ3n) is 3.53. The Morgan fingerprint density at radius 2 is 1.75 bits per heavy atom. The van der Waals surface area contributed by atoms with Crippen molar-refractivity contribution >= 4 is 46.4 Å². The van der Waals surface area contributed by atoms with Crippen molar-refractivity contribution in [2.24, 2.45) is 0 Å². The normalized spacial score (nSPS) is 14.5. The molecular weight excluding hydrogens is 351 g/mol. The number of para-hydroxylation sites is 1. The lowest BCUT2D eigenvalue weighted by Gasteiger charge is -2.16. The molecule has 5 nitrogen and oxygen atoms in total. The molecular formula is C17H12Cl2N2O3. The second kappa shape index (κ2) is 6.19. The summed E-state index contributed by atoms with van der Waals surface area (Å²) >= 11 is 12.1. The van der Waals surface area contributed by atoms with Gasteiger partial charge in [0.25, 0.3) is 11.8 Å². The smallest absolute Gasteiger partial charge is 0.283 e. The molecule has 0 aliphatic carbocycles. The Kier molecular flexibility index (Phi) is 4.22. The molecule has 0 fully saturated rings. The van der Waals surface area contributed by atoms with Gasteiger partial charge in [0.2, 0.25) is 0 Å². The van der Waals surface area contributed by atoms with Gasteiger partial charge in [0.15, 0.2) is 0 Å². The molecule has 1 aliphatic heterocycles. The number of phenolic OH excluding ortho intramolecular Hbond substituents is 1. The van der Waals surface area contributed by atoms with Crippen molar-refractivity contribution in [3.8, 4) is 5.75 Å². The van der Waals surface area contributed by atoms with E-state index in [0.717, 1.165) is 10.5 Å². The van der Waals surface area contributed by atoms with Gasteiger partial charge in [-0.1, -0.05) is 41.4 Å². The van der Waals surface area contributed by atoms with E-state index < -0.39 is 11.8 Å². The molecule has 0 bridgehead atoms. The summed E-state index contributed by atoms with van der Waals surface area (Å²) < 4.78 is 0. The van der Waals surface area contributed by atoms with Gasteiger partial charge in [-0.15, -0.1) is 0 Å². The van der Waals surface area contributed by atoms with E-state index in [1.165, 1.54) is 6.07 Å². The molecule has 0 aromatic heterocycles. The molecule has 0 atom stereocenters. The first kappa shape index (κ1) is 16.4. The molecule has 0 saturated heterocycles. The van der Waals surface area contributed by atoms with Crippen LogP contribution in [-0.2, 0) is 9.59 Å². The molecule has 3 rings (SSSR count). The van der Waals surface area contributed by atoms with Crippen molar-refractivity contribution in [1.82, 2.24) is 0 Å². The van der Waals surface area contributed by atoms with Crippen LogP contribution in [0.3, 0.4) is 0 Å². The zero-order valence-corrected chi connectivity index (χ0v) is 14.0. The summed E-state index contributed by atoms with van der Waals surface area (Å²) in [4.78, 5) is 25.9. The van der Waals surface area contributed by atoms with E-state index in [0.29, 0.717) is 0 Å². The van der Waals surface area contributed by atoms with Crippen LogP contribution in [0.1, 0.15) is 5.56 Å². The van der Waals surface area contributed by atoms with E-state index in [9.17, 15) is 14.7 Å². The summed E-state index contributed by atoms with van der Waals surface area (Å²) in [5, 5.41) is 12.6. The van der Waals surface area contributed by atoms with Gasteiger partial charge in [0.1, 0.15) is 16.5 Å². The maximum Gasteiger partial charge on any atom is 0.283 e.